The van der Waals surface area contributed by atoms with Crippen LogP contribution in [0, 0.1) is 0 Å². The molecule has 0 heterocycles. The molecule has 0 aliphatic rings. The Morgan fingerprint density at radius 1 is 0.657 bits per heavy atom. The van der Waals surface area contributed by atoms with Gasteiger partial charge in [-0.2, -0.15) is 0 Å². The zero-order valence-corrected chi connectivity index (χ0v) is 21.5. The Kier molecular flexibility index (Phi) is 10.8. The molecule has 5 nitrogen and oxygen atoms in total. The van der Waals surface area contributed by atoms with Crippen LogP contribution in [0.4, 0.5) is 5.69 Å². The average Bonchev–Trinajstić information content (AvgIpc) is 2.91. The molecule has 0 aliphatic carbocycles. The minimum Gasteiger partial charge on any atom is -0.304 e. The van der Waals surface area contributed by atoms with Crippen LogP contribution in [0.5, 0.6) is 0 Å². The second-order valence-corrected chi connectivity index (χ2v) is 8.79. The minimum absolute atomic E-state index is 0.0948. The smallest absolute Gasteiger partial charge is 0.269 e. The van der Waals surface area contributed by atoms with Gasteiger partial charge in [0.25, 0.3) is 5.91 Å². The average molecular weight is 473 g/mol. The van der Waals surface area contributed by atoms with E-state index in [2.05, 4.69) is 71.5 Å². The van der Waals surface area contributed by atoms with Crippen molar-refractivity contribution >= 4 is 11.6 Å². The minimum atomic E-state index is -0.0948. The van der Waals surface area contributed by atoms with Gasteiger partial charge in [-0.1, -0.05) is 74.5 Å². The van der Waals surface area contributed by atoms with E-state index < -0.39 is 0 Å². The molecular weight excluding hydrogens is 432 g/mol. The molecule has 0 bridgehead atoms. The zero-order valence-electron chi connectivity index (χ0n) is 21.5. The Labute approximate surface area is 211 Å². The van der Waals surface area contributed by atoms with Gasteiger partial charge in [0.15, 0.2) is 0 Å². The lowest BCUT2D eigenvalue weighted by atomic mass is 10.1. The second kappa shape index (κ2) is 14.3. The number of hydrogen-bond acceptors (Lipinski definition) is 4. The largest absolute Gasteiger partial charge is 0.304 e. The van der Waals surface area contributed by atoms with Crippen molar-refractivity contribution in [2.45, 2.75) is 40.3 Å². The van der Waals surface area contributed by atoms with Gasteiger partial charge in [-0.3, -0.25) is 20.1 Å². The van der Waals surface area contributed by atoms with Crippen LogP contribution in [0.1, 0.15) is 48.7 Å². The lowest BCUT2D eigenvalue weighted by Gasteiger charge is -2.25. The molecule has 0 aliphatic heterocycles. The molecule has 35 heavy (non-hydrogen) atoms. The SMILES string of the molecule is CCN(CC)CCCN(Cc1ccccc1)Cc1ccc(C(=O)NN(CC)c2ccccc2)cc1. The molecule has 3 aromatic rings. The van der Waals surface area contributed by atoms with Crippen molar-refractivity contribution < 1.29 is 4.79 Å². The first kappa shape index (κ1) is 26.5. The maximum Gasteiger partial charge on any atom is 0.269 e. The van der Waals surface area contributed by atoms with E-state index in [0.717, 1.165) is 51.4 Å². The van der Waals surface area contributed by atoms with Crippen molar-refractivity contribution in [3.8, 4) is 0 Å². The fraction of sp³-hybridized carbons (Fsp3) is 0.367. The van der Waals surface area contributed by atoms with Crippen LogP contribution in [-0.4, -0.2) is 48.4 Å². The summed E-state index contributed by atoms with van der Waals surface area (Å²) in [5.74, 6) is -0.0948. The third-order valence-electron chi connectivity index (χ3n) is 6.34. The van der Waals surface area contributed by atoms with E-state index in [1.807, 2.05) is 54.4 Å². The highest BCUT2D eigenvalue weighted by molar-refractivity contribution is 5.95. The van der Waals surface area contributed by atoms with E-state index in [4.69, 9.17) is 0 Å². The fourth-order valence-electron chi connectivity index (χ4n) is 4.25. The zero-order chi connectivity index (χ0) is 24.9. The summed E-state index contributed by atoms with van der Waals surface area (Å²) >= 11 is 0. The van der Waals surface area contributed by atoms with Gasteiger partial charge in [0.2, 0.25) is 0 Å². The number of nitrogens with zero attached hydrogens (tertiary/aromatic N) is 3. The summed E-state index contributed by atoms with van der Waals surface area (Å²) in [4.78, 5) is 17.8. The van der Waals surface area contributed by atoms with Gasteiger partial charge in [-0.05, 0) is 68.4 Å². The number of nitrogens with one attached hydrogen (secondary N) is 1. The standard InChI is InChI=1S/C30H40N4O/c1-4-32(5-2)22-13-23-33(24-26-14-9-7-10-15-26)25-27-18-20-28(21-19-27)30(35)31-34(6-3)29-16-11-8-12-17-29/h7-12,14-21H,4-6,13,22-25H2,1-3H3,(H,31,35). The van der Waals surface area contributed by atoms with Crippen LogP contribution in [0.25, 0.3) is 0 Å². The number of para-hydroxylation sites is 1. The molecule has 0 spiro atoms. The lowest BCUT2D eigenvalue weighted by molar-refractivity contribution is 0.0949. The number of rotatable bonds is 14. The Bertz CT molecular complexity index is 988. The van der Waals surface area contributed by atoms with E-state index in [0.29, 0.717) is 12.1 Å². The van der Waals surface area contributed by atoms with E-state index in [-0.39, 0.29) is 5.91 Å². The first-order valence-electron chi connectivity index (χ1n) is 12.8. The van der Waals surface area contributed by atoms with E-state index in [1.54, 1.807) is 0 Å². The van der Waals surface area contributed by atoms with Crippen molar-refractivity contribution in [3.05, 3.63) is 102 Å². The van der Waals surface area contributed by atoms with Crippen molar-refractivity contribution in [2.75, 3.05) is 37.7 Å². The summed E-state index contributed by atoms with van der Waals surface area (Å²) in [6, 6.07) is 28.6. The Hall–Kier alpha value is -3.15. The highest BCUT2D eigenvalue weighted by Crippen LogP contribution is 2.14. The number of hydrazine groups is 1. The van der Waals surface area contributed by atoms with Crippen LogP contribution in [0.3, 0.4) is 0 Å². The summed E-state index contributed by atoms with van der Waals surface area (Å²) < 4.78 is 0. The Morgan fingerprint density at radius 3 is 1.77 bits per heavy atom. The predicted octanol–water partition coefficient (Wildman–Crippen LogP) is 5.59. The molecule has 3 aromatic carbocycles. The van der Waals surface area contributed by atoms with Crippen molar-refractivity contribution in [3.63, 3.8) is 0 Å². The third kappa shape index (κ3) is 8.53. The third-order valence-corrected chi connectivity index (χ3v) is 6.34. The van der Waals surface area contributed by atoms with Gasteiger partial charge >= 0.3 is 0 Å². The van der Waals surface area contributed by atoms with Gasteiger partial charge in [0, 0.05) is 31.7 Å². The molecule has 0 fully saturated rings. The molecule has 0 atom stereocenters. The monoisotopic (exact) mass is 472 g/mol. The highest BCUT2D eigenvalue weighted by Gasteiger charge is 2.12. The van der Waals surface area contributed by atoms with Crippen LogP contribution in [-0.2, 0) is 13.1 Å². The molecular formula is C30H40N4O. The van der Waals surface area contributed by atoms with E-state index >= 15 is 0 Å². The number of carbonyl (C=O) groups is 1. The van der Waals surface area contributed by atoms with E-state index in [1.165, 1.54) is 11.1 Å². The summed E-state index contributed by atoms with van der Waals surface area (Å²) in [7, 11) is 0. The molecule has 0 radical (unpaired) electrons. The molecule has 0 saturated heterocycles. The van der Waals surface area contributed by atoms with E-state index in [9.17, 15) is 4.79 Å². The molecule has 0 saturated carbocycles. The van der Waals surface area contributed by atoms with Gasteiger partial charge < -0.3 is 4.90 Å². The van der Waals surface area contributed by atoms with Gasteiger partial charge in [0.05, 0.1) is 5.69 Å². The predicted molar refractivity (Wildman–Crippen MR) is 146 cm³/mol. The lowest BCUT2D eigenvalue weighted by Crippen LogP contribution is -2.42. The van der Waals surface area contributed by atoms with Crippen LogP contribution in [0.2, 0.25) is 0 Å². The van der Waals surface area contributed by atoms with Crippen molar-refractivity contribution in [1.29, 1.82) is 0 Å². The molecule has 186 valence electrons. The highest BCUT2D eigenvalue weighted by atomic mass is 16.2. The first-order valence-corrected chi connectivity index (χ1v) is 12.8. The maximum absolute atomic E-state index is 12.9. The topological polar surface area (TPSA) is 38.8 Å². The summed E-state index contributed by atoms with van der Waals surface area (Å²) in [6.07, 6.45) is 1.14. The fourth-order valence-corrected chi connectivity index (χ4v) is 4.25. The number of carbonyl (C=O) groups excluding carboxylic acids is 1. The number of amides is 1. The van der Waals surface area contributed by atoms with Gasteiger partial charge in [-0.25, -0.2) is 0 Å². The molecule has 1 amide bonds. The normalized spacial score (nSPS) is 11.1. The maximum atomic E-state index is 12.9. The molecule has 1 N–H and O–H groups in total. The van der Waals surface area contributed by atoms with Crippen molar-refractivity contribution in [1.82, 2.24) is 15.2 Å². The van der Waals surface area contributed by atoms with Gasteiger partial charge in [0.1, 0.15) is 0 Å². The molecule has 5 heteroatoms. The number of anilines is 1. The Morgan fingerprint density at radius 2 is 1.20 bits per heavy atom. The summed E-state index contributed by atoms with van der Waals surface area (Å²) in [5, 5.41) is 1.87. The number of benzene rings is 3. The van der Waals surface area contributed by atoms with Crippen LogP contribution >= 0.6 is 0 Å². The van der Waals surface area contributed by atoms with Crippen LogP contribution < -0.4 is 10.4 Å². The number of hydrogen-bond donors (Lipinski definition) is 1. The molecule has 0 unspecified atom stereocenters. The Balaban J connectivity index is 1.62. The van der Waals surface area contributed by atoms with Gasteiger partial charge in [-0.15, -0.1) is 0 Å². The quantitative estimate of drug-likeness (QED) is 0.310. The van der Waals surface area contributed by atoms with Crippen LogP contribution in [0.15, 0.2) is 84.9 Å². The van der Waals surface area contributed by atoms with Crippen molar-refractivity contribution in [2.24, 2.45) is 0 Å². The molecule has 0 aromatic heterocycles. The summed E-state index contributed by atoms with van der Waals surface area (Å²) in [5.41, 5.74) is 7.20. The molecule has 3 rings (SSSR count). The first-order chi connectivity index (χ1) is 17.1. The summed E-state index contributed by atoms with van der Waals surface area (Å²) in [6.45, 7) is 13.3. The second-order valence-electron chi connectivity index (χ2n) is 8.79.